The molecule has 17 heavy (non-hydrogen) atoms. The first-order chi connectivity index (χ1) is 7.95. The van der Waals surface area contributed by atoms with Gasteiger partial charge in [-0.1, -0.05) is 26.0 Å². The maximum absolute atomic E-state index is 13.1. The summed E-state index contributed by atoms with van der Waals surface area (Å²) in [5.74, 6) is -0.333. The lowest BCUT2D eigenvalue weighted by atomic mass is 9.84. The molecule has 4 heteroatoms. The third kappa shape index (κ3) is 4.15. The molecule has 0 aliphatic heterocycles. The second-order valence-corrected chi connectivity index (χ2v) is 4.71. The highest BCUT2D eigenvalue weighted by molar-refractivity contribution is 5.76. The molecule has 3 N–H and O–H groups in total. The molecule has 0 heterocycles. The molecule has 0 saturated heterocycles. The Bertz CT molecular complexity index is 391. The highest BCUT2D eigenvalue weighted by Gasteiger charge is 2.21. The standard InChI is InChI=1S/C13H19FN2O/c1-13(2,9-16-12(17)6-7-15)10-4-3-5-11(14)8-10/h3-5,8H,6-7,9,15H2,1-2H3,(H,16,17). The summed E-state index contributed by atoms with van der Waals surface area (Å²) in [6.07, 6.45) is 0.319. The molecule has 1 aromatic carbocycles. The maximum Gasteiger partial charge on any atom is 0.221 e. The van der Waals surface area contributed by atoms with Gasteiger partial charge in [-0.3, -0.25) is 4.79 Å². The zero-order valence-corrected chi connectivity index (χ0v) is 10.3. The Morgan fingerprint density at radius 2 is 2.18 bits per heavy atom. The van der Waals surface area contributed by atoms with Gasteiger partial charge in [-0.25, -0.2) is 4.39 Å². The van der Waals surface area contributed by atoms with Gasteiger partial charge in [-0.05, 0) is 17.7 Å². The number of benzene rings is 1. The van der Waals surface area contributed by atoms with Crippen molar-refractivity contribution in [2.24, 2.45) is 5.73 Å². The minimum absolute atomic E-state index is 0.0722. The van der Waals surface area contributed by atoms with Gasteiger partial charge in [0.15, 0.2) is 0 Å². The van der Waals surface area contributed by atoms with Gasteiger partial charge in [0.05, 0.1) is 0 Å². The van der Waals surface area contributed by atoms with Gasteiger partial charge in [0.2, 0.25) is 5.91 Å². The number of carbonyl (C=O) groups excluding carboxylic acids is 1. The van der Waals surface area contributed by atoms with Crippen molar-refractivity contribution >= 4 is 5.91 Å². The second kappa shape index (κ2) is 5.77. The van der Waals surface area contributed by atoms with E-state index in [9.17, 15) is 9.18 Å². The predicted molar refractivity (Wildman–Crippen MR) is 66.1 cm³/mol. The van der Waals surface area contributed by atoms with Crippen molar-refractivity contribution in [1.82, 2.24) is 5.32 Å². The fourth-order valence-electron chi connectivity index (χ4n) is 1.55. The smallest absolute Gasteiger partial charge is 0.221 e. The highest BCUT2D eigenvalue weighted by Crippen LogP contribution is 2.22. The summed E-state index contributed by atoms with van der Waals surface area (Å²) in [7, 11) is 0. The topological polar surface area (TPSA) is 55.1 Å². The van der Waals surface area contributed by atoms with Crippen molar-refractivity contribution in [3.05, 3.63) is 35.6 Å². The number of amides is 1. The van der Waals surface area contributed by atoms with Crippen LogP contribution in [0.3, 0.4) is 0 Å². The zero-order valence-electron chi connectivity index (χ0n) is 10.3. The third-order valence-electron chi connectivity index (χ3n) is 2.70. The van der Waals surface area contributed by atoms with Crippen LogP contribution in [0.15, 0.2) is 24.3 Å². The number of carbonyl (C=O) groups is 1. The number of nitrogens with two attached hydrogens (primary N) is 1. The summed E-state index contributed by atoms with van der Waals surface area (Å²) in [5, 5.41) is 2.80. The van der Waals surface area contributed by atoms with E-state index in [1.807, 2.05) is 19.9 Å². The third-order valence-corrected chi connectivity index (χ3v) is 2.70. The Morgan fingerprint density at radius 3 is 2.76 bits per heavy atom. The van der Waals surface area contributed by atoms with Crippen LogP contribution in [0, 0.1) is 5.82 Å². The van der Waals surface area contributed by atoms with Crippen LogP contribution >= 0.6 is 0 Å². The van der Waals surface area contributed by atoms with Crippen LogP contribution in [0.5, 0.6) is 0 Å². The van der Waals surface area contributed by atoms with Gasteiger partial charge in [-0.2, -0.15) is 0 Å². The van der Waals surface area contributed by atoms with Crippen LogP contribution in [0.2, 0.25) is 0 Å². The maximum atomic E-state index is 13.1. The van der Waals surface area contributed by atoms with Crippen molar-refractivity contribution in [2.45, 2.75) is 25.7 Å². The van der Waals surface area contributed by atoms with Gasteiger partial charge in [0.25, 0.3) is 0 Å². The molecular formula is C13H19FN2O. The van der Waals surface area contributed by atoms with Gasteiger partial charge < -0.3 is 11.1 Å². The van der Waals surface area contributed by atoms with E-state index in [4.69, 9.17) is 5.73 Å². The monoisotopic (exact) mass is 238 g/mol. The molecule has 0 radical (unpaired) electrons. The first-order valence-electron chi connectivity index (χ1n) is 5.68. The lowest BCUT2D eigenvalue weighted by molar-refractivity contribution is -0.121. The Morgan fingerprint density at radius 1 is 1.47 bits per heavy atom. The molecule has 94 valence electrons. The number of halogens is 1. The average molecular weight is 238 g/mol. The normalized spacial score (nSPS) is 11.3. The van der Waals surface area contributed by atoms with Crippen LogP contribution in [0.25, 0.3) is 0 Å². The summed E-state index contributed by atoms with van der Waals surface area (Å²) < 4.78 is 13.1. The van der Waals surface area contributed by atoms with Crippen LogP contribution in [0.4, 0.5) is 4.39 Å². The molecule has 0 atom stereocenters. The largest absolute Gasteiger partial charge is 0.355 e. The molecule has 1 amide bonds. The summed E-state index contributed by atoms with van der Waals surface area (Å²) >= 11 is 0. The molecule has 1 rings (SSSR count). The van der Waals surface area contributed by atoms with E-state index < -0.39 is 0 Å². The minimum Gasteiger partial charge on any atom is -0.355 e. The van der Waals surface area contributed by atoms with Crippen molar-refractivity contribution in [2.75, 3.05) is 13.1 Å². The van der Waals surface area contributed by atoms with Gasteiger partial charge in [0.1, 0.15) is 5.82 Å². The van der Waals surface area contributed by atoms with Crippen molar-refractivity contribution < 1.29 is 9.18 Å². The summed E-state index contributed by atoms with van der Waals surface area (Å²) in [5.41, 5.74) is 5.86. The van der Waals surface area contributed by atoms with Crippen molar-refractivity contribution in [1.29, 1.82) is 0 Å². The van der Waals surface area contributed by atoms with E-state index in [0.717, 1.165) is 5.56 Å². The van der Waals surface area contributed by atoms with Crippen LogP contribution in [-0.4, -0.2) is 19.0 Å². The number of nitrogens with one attached hydrogen (secondary N) is 1. The van der Waals surface area contributed by atoms with Crippen molar-refractivity contribution in [3.63, 3.8) is 0 Å². The van der Waals surface area contributed by atoms with Crippen LogP contribution in [-0.2, 0) is 10.2 Å². The molecule has 0 spiro atoms. The van der Waals surface area contributed by atoms with E-state index in [2.05, 4.69) is 5.32 Å². The fourth-order valence-corrected chi connectivity index (χ4v) is 1.55. The van der Waals surface area contributed by atoms with Crippen LogP contribution in [0.1, 0.15) is 25.8 Å². The van der Waals surface area contributed by atoms with E-state index in [0.29, 0.717) is 19.5 Å². The molecule has 0 aliphatic rings. The Kier molecular flexibility index (Phi) is 4.63. The highest BCUT2D eigenvalue weighted by atomic mass is 19.1. The first kappa shape index (κ1) is 13.6. The van der Waals surface area contributed by atoms with E-state index >= 15 is 0 Å². The van der Waals surface area contributed by atoms with Gasteiger partial charge in [0, 0.05) is 24.9 Å². The van der Waals surface area contributed by atoms with E-state index in [-0.39, 0.29) is 17.1 Å². The zero-order chi connectivity index (χ0) is 12.9. The fraction of sp³-hybridized carbons (Fsp3) is 0.462. The minimum atomic E-state index is -0.299. The number of hydrogen-bond acceptors (Lipinski definition) is 2. The van der Waals surface area contributed by atoms with Gasteiger partial charge >= 0.3 is 0 Å². The SMILES string of the molecule is CC(C)(CNC(=O)CCN)c1cccc(F)c1. The first-order valence-corrected chi connectivity index (χ1v) is 5.68. The number of rotatable bonds is 5. The van der Waals surface area contributed by atoms with E-state index in [1.165, 1.54) is 12.1 Å². The molecule has 0 aliphatic carbocycles. The van der Waals surface area contributed by atoms with Crippen molar-refractivity contribution in [3.8, 4) is 0 Å². The lowest BCUT2D eigenvalue weighted by Crippen LogP contribution is -2.37. The predicted octanol–water partition coefficient (Wildman–Crippen LogP) is 1.57. The average Bonchev–Trinajstić information content (AvgIpc) is 2.27. The lowest BCUT2D eigenvalue weighted by Gasteiger charge is -2.25. The molecule has 3 nitrogen and oxygen atoms in total. The summed E-state index contributed by atoms with van der Waals surface area (Å²) in [6, 6.07) is 6.44. The Hall–Kier alpha value is -1.42. The molecular weight excluding hydrogens is 219 g/mol. The molecule has 0 aromatic heterocycles. The van der Waals surface area contributed by atoms with Gasteiger partial charge in [-0.15, -0.1) is 0 Å². The molecule has 0 unspecified atom stereocenters. The second-order valence-electron chi connectivity index (χ2n) is 4.71. The molecule has 0 bridgehead atoms. The van der Waals surface area contributed by atoms with E-state index in [1.54, 1.807) is 6.07 Å². The summed E-state index contributed by atoms with van der Waals surface area (Å²) in [6.45, 7) is 4.73. The quantitative estimate of drug-likeness (QED) is 0.818. The Labute approximate surface area is 101 Å². The molecule has 0 fully saturated rings. The van der Waals surface area contributed by atoms with Crippen LogP contribution < -0.4 is 11.1 Å². The summed E-state index contributed by atoms with van der Waals surface area (Å²) in [4.78, 5) is 11.3. The molecule has 0 saturated carbocycles. The number of hydrogen-bond donors (Lipinski definition) is 2. The molecule has 1 aromatic rings. The Balaban J connectivity index is 2.65.